The predicted octanol–water partition coefficient (Wildman–Crippen LogP) is 3.77. The fourth-order valence-corrected chi connectivity index (χ4v) is 2.33. The molecule has 0 aliphatic heterocycles. The first kappa shape index (κ1) is 12.6. The third kappa shape index (κ3) is 2.35. The van der Waals surface area contributed by atoms with Gasteiger partial charge in [0, 0.05) is 18.6 Å². The third-order valence-electron chi connectivity index (χ3n) is 3.39. The molecule has 0 radical (unpaired) electrons. The number of hydrogen-bond donors (Lipinski definition) is 0. The minimum atomic E-state index is 0.571. The molecule has 0 unspecified atom stereocenters. The summed E-state index contributed by atoms with van der Waals surface area (Å²) >= 11 is 0. The summed E-state index contributed by atoms with van der Waals surface area (Å²) in [6, 6.07) is 16.2. The molecule has 3 rings (SSSR count). The van der Waals surface area contributed by atoms with Crippen LogP contribution in [0.15, 0.2) is 54.7 Å². The maximum absolute atomic E-state index is 5.84. The normalized spacial score (nSPS) is 10.7. The Morgan fingerprint density at radius 3 is 2.60 bits per heavy atom. The van der Waals surface area contributed by atoms with E-state index >= 15 is 0 Å². The lowest BCUT2D eigenvalue weighted by atomic mass is 10.2. The molecule has 0 saturated carbocycles. The summed E-state index contributed by atoms with van der Waals surface area (Å²) < 4.78 is 13.3. The Kier molecular flexibility index (Phi) is 3.33. The van der Waals surface area contributed by atoms with E-state index in [1.807, 2.05) is 43.6 Å². The lowest BCUT2D eigenvalue weighted by molar-refractivity contribution is 0.306. The average molecular weight is 267 g/mol. The minimum Gasteiger partial charge on any atom is -0.495 e. The van der Waals surface area contributed by atoms with Crippen LogP contribution in [0.25, 0.3) is 10.9 Å². The van der Waals surface area contributed by atoms with Crippen LogP contribution in [0.1, 0.15) is 5.56 Å². The molecule has 3 aromatic rings. The Morgan fingerprint density at radius 2 is 1.85 bits per heavy atom. The molecule has 1 aromatic heterocycles. The third-order valence-corrected chi connectivity index (χ3v) is 3.39. The average Bonchev–Trinajstić information content (AvgIpc) is 2.82. The van der Waals surface area contributed by atoms with Crippen LogP contribution in [0.4, 0.5) is 0 Å². The maximum Gasteiger partial charge on any atom is 0.144 e. The molecule has 0 saturated heterocycles. The van der Waals surface area contributed by atoms with E-state index in [9.17, 15) is 0 Å². The largest absolute Gasteiger partial charge is 0.495 e. The smallest absolute Gasteiger partial charge is 0.144 e. The van der Waals surface area contributed by atoms with Crippen molar-refractivity contribution in [2.45, 2.75) is 6.61 Å². The Hall–Kier alpha value is -2.42. The van der Waals surface area contributed by atoms with Crippen LogP contribution >= 0.6 is 0 Å². The molecule has 3 nitrogen and oxygen atoms in total. The van der Waals surface area contributed by atoms with E-state index in [1.54, 1.807) is 7.11 Å². The summed E-state index contributed by atoms with van der Waals surface area (Å²) in [5, 5.41) is 1.07. The molecule has 0 bridgehead atoms. The monoisotopic (exact) mass is 267 g/mol. The Balaban J connectivity index is 1.85. The first-order valence-corrected chi connectivity index (χ1v) is 6.58. The van der Waals surface area contributed by atoms with E-state index in [4.69, 9.17) is 9.47 Å². The second-order valence-electron chi connectivity index (χ2n) is 4.76. The fourth-order valence-electron chi connectivity index (χ4n) is 2.33. The van der Waals surface area contributed by atoms with Crippen molar-refractivity contribution in [3.8, 4) is 11.5 Å². The van der Waals surface area contributed by atoms with Gasteiger partial charge < -0.3 is 14.0 Å². The number of nitrogens with zero attached hydrogens (tertiary/aromatic N) is 1. The highest BCUT2D eigenvalue weighted by Gasteiger charge is 2.08. The Bertz CT molecular complexity index is 716. The minimum absolute atomic E-state index is 0.571. The second-order valence-corrected chi connectivity index (χ2v) is 4.76. The van der Waals surface area contributed by atoms with Gasteiger partial charge in [0.25, 0.3) is 0 Å². The van der Waals surface area contributed by atoms with Gasteiger partial charge in [0.2, 0.25) is 0 Å². The fraction of sp³-hybridized carbons (Fsp3) is 0.176. The molecule has 0 atom stereocenters. The van der Waals surface area contributed by atoms with Crippen LogP contribution in [-0.2, 0) is 13.7 Å². The van der Waals surface area contributed by atoms with Crippen molar-refractivity contribution in [1.82, 2.24) is 4.57 Å². The summed E-state index contributed by atoms with van der Waals surface area (Å²) in [5.41, 5.74) is 2.29. The number of rotatable bonds is 4. The molecule has 0 amide bonds. The molecular formula is C17H17NO2. The van der Waals surface area contributed by atoms with E-state index in [0.717, 1.165) is 28.0 Å². The van der Waals surface area contributed by atoms with E-state index < -0.39 is 0 Å². The van der Waals surface area contributed by atoms with Crippen LogP contribution in [-0.4, -0.2) is 11.7 Å². The maximum atomic E-state index is 5.84. The SMILES string of the molecule is COc1cn(C)c2ccc(OCc3ccccc3)cc12. The summed E-state index contributed by atoms with van der Waals surface area (Å²) in [6.45, 7) is 0.571. The number of aromatic nitrogens is 1. The van der Waals surface area contributed by atoms with Gasteiger partial charge >= 0.3 is 0 Å². The lowest BCUT2D eigenvalue weighted by Crippen LogP contribution is -1.95. The first-order chi connectivity index (χ1) is 9.78. The number of methoxy groups -OCH3 is 1. The van der Waals surface area contributed by atoms with Crippen molar-refractivity contribution < 1.29 is 9.47 Å². The summed E-state index contributed by atoms with van der Waals surface area (Å²) in [5.74, 6) is 1.72. The highest BCUT2D eigenvalue weighted by Crippen LogP contribution is 2.30. The van der Waals surface area contributed by atoms with Gasteiger partial charge in [-0.25, -0.2) is 0 Å². The second kappa shape index (κ2) is 5.29. The standard InChI is InChI=1S/C17H17NO2/c1-18-11-17(19-2)15-10-14(8-9-16(15)18)20-12-13-6-4-3-5-7-13/h3-11H,12H2,1-2H3. The van der Waals surface area contributed by atoms with Gasteiger partial charge in [-0.15, -0.1) is 0 Å². The van der Waals surface area contributed by atoms with Crippen molar-refractivity contribution in [3.05, 3.63) is 60.3 Å². The number of benzene rings is 2. The van der Waals surface area contributed by atoms with Gasteiger partial charge in [-0.05, 0) is 23.8 Å². The number of hydrogen-bond acceptors (Lipinski definition) is 2. The summed E-state index contributed by atoms with van der Waals surface area (Å²) in [7, 11) is 3.70. The topological polar surface area (TPSA) is 23.4 Å². The van der Waals surface area contributed by atoms with Crippen LogP contribution in [0.3, 0.4) is 0 Å². The van der Waals surface area contributed by atoms with E-state index in [2.05, 4.69) is 22.8 Å². The van der Waals surface area contributed by atoms with Crippen molar-refractivity contribution in [2.24, 2.45) is 7.05 Å². The zero-order valence-corrected chi connectivity index (χ0v) is 11.7. The van der Waals surface area contributed by atoms with Gasteiger partial charge in [-0.2, -0.15) is 0 Å². The van der Waals surface area contributed by atoms with Crippen molar-refractivity contribution in [2.75, 3.05) is 7.11 Å². The van der Waals surface area contributed by atoms with Crippen molar-refractivity contribution in [3.63, 3.8) is 0 Å². The van der Waals surface area contributed by atoms with Gasteiger partial charge in [0.1, 0.15) is 18.1 Å². The summed E-state index contributed by atoms with van der Waals surface area (Å²) in [6.07, 6.45) is 1.98. The van der Waals surface area contributed by atoms with Gasteiger partial charge in [-0.3, -0.25) is 0 Å². The molecule has 1 heterocycles. The zero-order chi connectivity index (χ0) is 13.9. The molecule has 0 spiro atoms. The van der Waals surface area contributed by atoms with Crippen molar-refractivity contribution in [1.29, 1.82) is 0 Å². The highest BCUT2D eigenvalue weighted by molar-refractivity contribution is 5.88. The molecule has 0 aliphatic carbocycles. The highest BCUT2D eigenvalue weighted by atomic mass is 16.5. The molecule has 3 heteroatoms. The predicted molar refractivity (Wildman–Crippen MR) is 80.2 cm³/mol. The summed E-state index contributed by atoms with van der Waals surface area (Å²) in [4.78, 5) is 0. The van der Waals surface area contributed by atoms with Crippen molar-refractivity contribution >= 4 is 10.9 Å². The first-order valence-electron chi connectivity index (χ1n) is 6.58. The van der Waals surface area contributed by atoms with Gasteiger partial charge in [-0.1, -0.05) is 30.3 Å². The van der Waals surface area contributed by atoms with E-state index in [-0.39, 0.29) is 0 Å². The number of ether oxygens (including phenoxy) is 2. The quantitative estimate of drug-likeness (QED) is 0.718. The Morgan fingerprint density at radius 1 is 1.05 bits per heavy atom. The molecule has 102 valence electrons. The van der Waals surface area contributed by atoms with Crippen LogP contribution in [0.5, 0.6) is 11.5 Å². The molecule has 20 heavy (non-hydrogen) atoms. The molecular weight excluding hydrogens is 250 g/mol. The molecule has 0 N–H and O–H groups in total. The van der Waals surface area contributed by atoms with E-state index in [1.165, 1.54) is 0 Å². The number of aryl methyl sites for hydroxylation is 1. The zero-order valence-electron chi connectivity index (χ0n) is 11.7. The lowest BCUT2D eigenvalue weighted by Gasteiger charge is -2.07. The van der Waals surface area contributed by atoms with Crippen LogP contribution in [0, 0.1) is 0 Å². The molecule has 0 aliphatic rings. The van der Waals surface area contributed by atoms with Gasteiger partial charge in [0.05, 0.1) is 12.6 Å². The molecule has 2 aromatic carbocycles. The molecule has 0 fully saturated rings. The number of fused-ring (bicyclic) bond motifs is 1. The Labute approximate surface area is 118 Å². The van der Waals surface area contributed by atoms with E-state index in [0.29, 0.717) is 6.61 Å². The van der Waals surface area contributed by atoms with Crippen LogP contribution in [0.2, 0.25) is 0 Å². The van der Waals surface area contributed by atoms with Gasteiger partial charge in [0.15, 0.2) is 0 Å². The van der Waals surface area contributed by atoms with Crippen LogP contribution < -0.4 is 9.47 Å².